The van der Waals surface area contributed by atoms with Crippen LogP contribution in [0.25, 0.3) is 0 Å². The van der Waals surface area contributed by atoms with E-state index in [9.17, 15) is 0 Å². The Balaban J connectivity index is 3.05. The molecule has 0 saturated heterocycles. The van der Waals surface area contributed by atoms with Crippen molar-refractivity contribution in [2.24, 2.45) is 0 Å². The number of ether oxygens (including phenoxy) is 1. The van der Waals surface area contributed by atoms with Gasteiger partial charge in [-0.2, -0.15) is 0 Å². The topological polar surface area (TPSA) is 9.23 Å². The first-order chi connectivity index (χ1) is 7.06. The van der Waals surface area contributed by atoms with Gasteiger partial charge in [-0.25, -0.2) is 0 Å². The lowest BCUT2D eigenvalue weighted by Gasteiger charge is -2.14. The average Bonchev–Trinajstić information content (AvgIpc) is 2.16. The second kappa shape index (κ2) is 4.89. The van der Waals surface area contributed by atoms with E-state index in [1.807, 2.05) is 0 Å². The van der Waals surface area contributed by atoms with E-state index in [-0.39, 0.29) is 0 Å². The summed E-state index contributed by atoms with van der Waals surface area (Å²) in [5.74, 6) is 3.96. The summed E-state index contributed by atoms with van der Waals surface area (Å²) < 4.78 is 5.52. The van der Waals surface area contributed by atoms with Crippen molar-refractivity contribution in [3.8, 4) is 18.1 Å². The highest BCUT2D eigenvalue weighted by molar-refractivity contribution is 5.44. The average molecular weight is 202 g/mol. The summed E-state index contributed by atoms with van der Waals surface area (Å²) in [7, 11) is 0. The molecule has 0 aliphatic carbocycles. The van der Waals surface area contributed by atoms with Gasteiger partial charge in [0.05, 0.1) is 0 Å². The maximum atomic E-state index is 5.52. The first kappa shape index (κ1) is 11.7. The van der Waals surface area contributed by atoms with Crippen molar-refractivity contribution in [3.63, 3.8) is 0 Å². The zero-order valence-electron chi connectivity index (χ0n) is 9.92. The Morgan fingerprint density at radius 3 is 2.20 bits per heavy atom. The van der Waals surface area contributed by atoms with Gasteiger partial charge in [-0.3, -0.25) is 0 Å². The zero-order chi connectivity index (χ0) is 11.4. The van der Waals surface area contributed by atoms with Crippen molar-refractivity contribution < 1.29 is 4.74 Å². The third-order valence-corrected chi connectivity index (χ3v) is 2.45. The molecule has 15 heavy (non-hydrogen) atoms. The highest BCUT2D eigenvalue weighted by atomic mass is 16.5. The Morgan fingerprint density at radius 2 is 1.80 bits per heavy atom. The summed E-state index contributed by atoms with van der Waals surface area (Å²) in [4.78, 5) is 0. The van der Waals surface area contributed by atoms with Gasteiger partial charge in [0.1, 0.15) is 12.4 Å². The fourth-order valence-electron chi connectivity index (χ4n) is 1.66. The lowest BCUT2D eigenvalue weighted by atomic mass is 9.98. The fourth-order valence-corrected chi connectivity index (χ4v) is 1.66. The predicted molar refractivity (Wildman–Crippen MR) is 64.3 cm³/mol. The van der Waals surface area contributed by atoms with Crippen LogP contribution in [-0.4, -0.2) is 6.61 Å². The quantitative estimate of drug-likeness (QED) is 0.682. The molecule has 0 bridgehead atoms. The van der Waals surface area contributed by atoms with Crippen LogP contribution in [0.3, 0.4) is 0 Å². The zero-order valence-corrected chi connectivity index (χ0v) is 9.92. The van der Waals surface area contributed by atoms with Gasteiger partial charge in [-0.1, -0.05) is 31.9 Å². The molecule has 1 heteroatoms. The van der Waals surface area contributed by atoms with Gasteiger partial charge in [0.2, 0.25) is 0 Å². The van der Waals surface area contributed by atoms with Crippen molar-refractivity contribution in [2.75, 3.05) is 6.61 Å². The lowest BCUT2D eigenvalue weighted by molar-refractivity contribution is 0.365. The van der Waals surface area contributed by atoms with E-state index in [1.54, 1.807) is 0 Å². The predicted octanol–water partition coefficient (Wildman–Crippen LogP) is 3.44. The van der Waals surface area contributed by atoms with Gasteiger partial charge < -0.3 is 4.74 Å². The maximum absolute atomic E-state index is 5.52. The van der Waals surface area contributed by atoms with E-state index in [1.165, 1.54) is 5.56 Å². The fraction of sp³-hybridized carbons (Fsp3) is 0.429. The molecule has 1 nitrogen and oxygen atoms in total. The first-order valence-electron chi connectivity index (χ1n) is 5.23. The first-order valence-corrected chi connectivity index (χ1v) is 5.23. The van der Waals surface area contributed by atoms with Crippen LogP contribution in [0.2, 0.25) is 0 Å². The Kier molecular flexibility index (Phi) is 3.80. The van der Waals surface area contributed by atoms with Gasteiger partial charge in [-0.15, -0.1) is 6.42 Å². The van der Waals surface area contributed by atoms with Gasteiger partial charge in [0, 0.05) is 0 Å². The number of benzene rings is 1. The van der Waals surface area contributed by atoms with Gasteiger partial charge in [0.15, 0.2) is 0 Å². The summed E-state index contributed by atoms with van der Waals surface area (Å²) in [6.07, 6.45) is 5.18. The molecule has 0 spiro atoms. The van der Waals surface area contributed by atoms with Gasteiger partial charge in [0.25, 0.3) is 0 Å². The monoisotopic (exact) mass is 202 g/mol. The summed E-state index contributed by atoms with van der Waals surface area (Å²) >= 11 is 0. The number of aryl methyl sites for hydroxylation is 2. The molecular weight excluding hydrogens is 184 g/mol. The Morgan fingerprint density at radius 1 is 1.27 bits per heavy atom. The molecule has 0 N–H and O–H groups in total. The van der Waals surface area contributed by atoms with Crippen LogP contribution in [0.15, 0.2) is 12.1 Å². The van der Waals surface area contributed by atoms with Crippen LogP contribution in [-0.2, 0) is 0 Å². The lowest BCUT2D eigenvalue weighted by Crippen LogP contribution is -2.00. The standard InChI is InChI=1S/C14H18O/c1-6-7-15-14-11(4)8-13(10(2)3)9-12(14)5/h1,8-10H,7H2,2-5H3. The van der Waals surface area contributed by atoms with Gasteiger partial charge in [-0.05, 0) is 36.5 Å². The summed E-state index contributed by atoms with van der Waals surface area (Å²) in [6.45, 7) is 8.84. The third kappa shape index (κ3) is 2.76. The van der Waals surface area contributed by atoms with E-state index < -0.39 is 0 Å². The summed E-state index contributed by atoms with van der Waals surface area (Å²) in [5.41, 5.74) is 3.67. The molecule has 1 rings (SSSR count). The Labute approximate surface area is 92.5 Å². The molecule has 0 amide bonds. The largest absolute Gasteiger partial charge is 0.480 e. The molecular formula is C14H18O. The molecule has 0 radical (unpaired) electrons. The van der Waals surface area contributed by atoms with Crippen LogP contribution in [0, 0.1) is 26.2 Å². The van der Waals surface area contributed by atoms with Crippen molar-refractivity contribution in [1.82, 2.24) is 0 Å². The van der Waals surface area contributed by atoms with E-state index in [2.05, 4.69) is 45.7 Å². The van der Waals surface area contributed by atoms with Gasteiger partial charge >= 0.3 is 0 Å². The molecule has 0 unspecified atom stereocenters. The molecule has 0 fully saturated rings. The number of hydrogen-bond donors (Lipinski definition) is 0. The number of hydrogen-bond acceptors (Lipinski definition) is 1. The highest BCUT2D eigenvalue weighted by Gasteiger charge is 2.07. The number of terminal acetylenes is 1. The minimum atomic E-state index is 0.336. The number of rotatable bonds is 3. The highest BCUT2D eigenvalue weighted by Crippen LogP contribution is 2.27. The molecule has 0 aliphatic heterocycles. The molecule has 0 saturated carbocycles. The van der Waals surface area contributed by atoms with Crippen molar-refractivity contribution >= 4 is 0 Å². The Bertz CT molecular complexity index is 360. The minimum Gasteiger partial charge on any atom is -0.480 e. The maximum Gasteiger partial charge on any atom is 0.148 e. The molecule has 0 aromatic heterocycles. The smallest absolute Gasteiger partial charge is 0.148 e. The molecule has 0 aliphatic rings. The summed E-state index contributed by atoms with van der Waals surface area (Å²) in [6, 6.07) is 4.34. The Hall–Kier alpha value is -1.42. The van der Waals surface area contributed by atoms with E-state index >= 15 is 0 Å². The third-order valence-electron chi connectivity index (χ3n) is 2.45. The second-order valence-electron chi connectivity index (χ2n) is 4.13. The van der Waals surface area contributed by atoms with Crippen molar-refractivity contribution in [1.29, 1.82) is 0 Å². The molecule has 0 atom stereocenters. The van der Waals surface area contributed by atoms with E-state index in [0.717, 1.165) is 16.9 Å². The van der Waals surface area contributed by atoms with Crippen LogP contribution in [0.1, 0.15) is 36.5 Å². The molecule has 1 aromatic rings. The summed E-state index contributed by atoms with van der Waals surface area (Å²) in [5, 5.41) is 0. The van der Waals surface area contributed by atoms with Crippen LogP contribution in [0.4, 0.5) is 0 Å². The SMILES string of the molecule is C#CCOc1c(C)cc(C(C)C)cc1C. The molecule has 0 heterocycles. The van der Waals surface area contributed by atoms with Crippen LogP contribution in [0.5, 0.6) is 5.75 Å². The van der Waals surface area contributed by atoms with Crippen LogP contribution >= 0.6 is 0 Å². The molecule has 80 valence electrons. The minimum absolute atomic E-state index is 0.336. The van der Waals surface area contributed by atoms with Crippen molar-refractivity contribution in [3.05, 3.63) is 28.8 Å². The van der Waals surface area contributed by atoms with Crippen molar-refractivity contribution in [2.45, 2.75) is 33.6 Å². The van der Waals surface area contributed by atoms with Crippen LogP contribution < -0.4 is 4.74 Å². The van der Waals surface area contributed by atoms with E-state index in [0.29, 0.717) is 12.5 Å². The normalized spacial score (nSPS) is 10.1. The van der Waals surface area contributed by atoms with E-state index in [4.69, 9.17) is 11.2 Å². The molecule has 1 aromatic carbocycles. The second-order valence-corrected chi connectivity index (χ2v) is 4.13.